The number of fused-ring (bicyclic) bond motifs is 1. The van der Waals surface area contributed by atoms with E-state index in [1.54, 1.807) is 18.4 Å². The SMILES string of the molecule is CCN(CC)c1nc(Cl)nc2scc(-c3ccc(OC)cc3)c12. The van der Waals surface area contributed by atoms with Crippen molar-refractivity contribution in [2.45, 2.75) is 13.8 Å². The number of anilines is 1. The number of methoxy groups -OCH3 is 1. The van der Waals surface area contributed by atoms with E-state index in [4.69, 9.17) is 16.3 Å². The van der Waals surface area contributed by atoms with Gasteiger partial charge in [-0.15, -0.1) is 11.3 Å². The number of nitrogens with zero attached hydrogens (tertiary/aromatic N) is 3. The van der Waals surface area contributed by atoms with E-state index in [0.717, 1.165) is 46.0 Å². The van der Waals surface area contributed by atoms with Crippen molar-refractivity contribution in [3.63, 3.8) is 0 Å². The van der Waals surface area contributed by atoms with Gasteiger partial charge in [-0.25, -0.2) is 4.98 Å². The van der Waals surface area contributed by atoms with Gasteiger partial charge in [-0.1, -0.05) is 12.1 Å². The maximum absolute atomic E-state index is 6.12. The zero-order valence-electron chi connectivity index (χ0n) is 13.3. The lowest BCUT2D eigenvalue weighted by molar-refractivity contribution is 0.415. The van der Waals surface area contributed by atoms with Crippen molar-refractivity contribution in [3.05, 3.63) is 34.9 Å². The molecule has 0 radical (unpaired) electrons. The average Bonchev–Trinajstić information content (AvgIpc) is 2.99. The molecule has 2 heterocycles. The number of hydrogen-bond donors (Lipinski definition) is 0. The molecular weight excluding hydrogens is 330 g/mol. The van der Waals surface area contributed by atoms with Gasteiger partial charge in [-0.05, 0) is 43.1 Å². The number of hydrogen-bond acceptors (Lipinski definition) is 5. The second-order valence-electron chi connectivity index (χ2n) is 5.05. The Labute approximate surface area is 144 Å². The first kappa shape index (κ1) is 16.0. The quantitative estimate of drug-likeness (QED) is 0.617. The molecular formula is C17H18ClN3OS. The smallest absolute Gasteiger partial charge is 0.225 e. The highest BCUT2D eigenvalue weighted by Gasteiger charge is 2.18. The molecule has 0 aliphatic heterocycles. The lowest BCUT2D eigenvalue weighted by Crippen LogP contribution is -2.23. The first-order valence-corrected chi connectivity index (χ1v) is 8.77. The lowest BCUT2D eigenvalue weighted by atomic mass is 10.1. The van der Waals surface area contributed by atoms with Gasteiger partial charge in [-0.2, -0.15) is 4.98 Å². The molecule has 0 amide bonds. The Morgan fingerprint density at radius 1 is 1.13 bits per heavy atom. The standard InChI is InChI=1S/C17H18ClN3OS/c1-4-21(5-2)15-14-13(10-23-16(14)20-17(18)19-15)11-6-8-12(22-3)9-7-11/h6-10H,4-5H2,1-3H3. The second-order valence-corrected chi connectivity index (χ2v) is 6.24. The van der Waals surface area contributed by atoms with Crippen LogP contribution in [0.25, 0.3) is 21.3 Å². The Balaban J connectivity index is 2.21. The normalized spacial score (nSPS) is 11.0. The largest absolute Gasteiger partial charge is 0.497 e. The highest BCUT2D eigenvalue weighted by molar-refractivity contribution is 7.17. The minimum absolute atomic E-state index is 0.294. The van der Waals surface area contributed by atoms with Crippen LogP contribution in [-0.2, 0) is 0 Å². The van der Waals surface area contributed by atoms with Gasteiger partial charge in [0.2, 0.25) is 5.28 Å². The van der Waals surface area contributed by atoms with E-state index >= 15 is 0 Å². The summed E-state index contributed by atoms with van der Waals surface area (Å²) in [6.07, 6.45) is 0. The summed E-state index contributed by atoms with van der Waals surface area (Å²) in [4.78, 5) is 12.0. The van der Waals surface area contributed by atoms with Crippen LogP contribution in [0.3, 0.4) is 0 Å². The average molecular weight is 348 g/mol. The van der Waals surface area contributed by atoms with Gasteiger partial charge >= 0.3 is 0 Å². The van der Waals surface area contributed by atoms with Gasteiger partial charge in [0.25, 0.3) is 0 Å². The van der Waals surface area contributed by atoms with Gasteiger partial charge in [0, 0.05) is 24.0 Å². The summed E-state index contributed by atoms with van der Waals surface area (Å²) < 4.78 is 5.24. The number of thiophene rings is 1. The van der Waals surface area contributed by atoms with E-state index < -0.39 is 0 Å². The molecule has 0 unspecified atom stereocenters. The predicted octanol–water partition coefficient (Wildman–Crippen LogP) is 4.87. The van der Waals surface area contributed by atoms with Crippen LogP contribution in [0, 0.1) is 0 Å². The molecule has 0 saturated heterocycles. The Kier molecular flexibility index (Phi) is 4.68. The zero-order valence-corrected chi connectivity index (χ0v) is 14.9. The molecule has 6 heteroatoms. The van der Waals surface area contributed by atoms with Crippen molar-refractivity contribution in [1.29, 1.82) is 0 Å². The molecule has 0 bridgehead atoms. The minimum Gasteiger partial charge on any atom is -0.497 e. The highest BCUT2D eigenvalue weighted by Crippen LogP contribution is 2.39. The van der Waals surface area contributed by atoms with Crippen LogP contribution < -0.4 is 9.64 Å². The number of benzene rings is 1. The van der Waals surface area contributed by atoms with Crippen LogP contribution >= 0.6 is 22.9 Å². The van der Waals surface area contributed by atoms with Gasteiger partial charge in [0.15, 0.2) is 0 Å². The zero-order chi connectivity index (χ0) is 16.4. The third-order valence-corrected chi connectivity index (χ3v) is 4.89. The van der Waals surface area contributed by atoms with Gasteiger partial charge in [-0.3, -0.25) is 0 Å². The summed E-state index contributed by atoms with van der Waals surface area (Å²) in [6, 6.07) is 8.04. The van der Waals surface area contributed by atoms with Crippen LogP contribution in [0.5, 0.6) is 5.75 Å². The summed E-state index contributed by atoms with van der Waals surface area (Å²) in [5.41, 5.74) is 2.25. The summed E-state index contributed by atoms with van der Waals surface area (Å²) in [6.45, 7) is 5.98. The van der Waals surface area contributed by atoms with Crippen molar-refractivity contribution in [3.8, 4) is 16.9 Å². The van der Waals surface area contributed by atoms with E-state index in [2.05, 4.69) is 46.2 Å². The van der Waals surface area contributed by atoms with E-state index in [0.29, 0.717) is 5.28 Å². The van der Waals surface area contributed by atoms with Crippen molar-refractivity contribution in [2.24, 2.45) is 0 Å². The molecule has 4 nitrogen and oxygen atoms in total. The van der Waals surface area contributed by atoms with Gasteiger partial charge in [0.05, 0.1) is 12.5 Å². The molecule has 120 valence electrons. The Morgan fingerprint density at radius 2 is 1.83 bits per heavy atom. The Morgan fingerprint density at radius 3 is 2.43 bits per heavy atom. The maximum Gasteiger partial charge on any atom is 0.225 e. The van der Waals surface area contributed by atoms with Crippen LogP contribution in [0.2, 0.25) is 5.28 Å². The van der Waals surface area contributed by atoms with E-state index in [-0.39, 0.29) is 0 Å². The fourth-order valence-corrected chi connectivity index (χ4v) is 3.79. The molecule has 0 aliphatic rings. The molecule has 1 aromatic carbocycles. The fraction of sp³-hybridized carbons (Fsp3) is 0.294. The molecule has 0 N–H and O–H groups in total. The highest BCUT2D eigenvalue weighted by atomic mass is 35.5. The number of ether oxygens (including phenoxy) is 1. The van der Waals surface area contributed by atoms with Crippen molar-refractivity contribution in [1.82, 2.24) is 9.97 Å². The van der Waals surface area contributed by atoms with E-state index in [9.17, 15) is 0 Å². The number of aromatic nitrogens is 2. The fourth-order valence-electron chi connectivity index (χ4n) is 2.63. The van der Waals surface area contributed by atoms with Crippen LogP contribution in [0.1, 0.15) is 13.8 Å². The van der Waals surface area contributed by atoms with E-state index in [1.165, 1.54) is 0 Å². The Hall–Kier alpha value is -1.85. The monoisotopic (exact) mass is 347 g/mol. The number of rotatable bonds is 5. The molecule has 3 aromatic rings. The maximum atomic E-state index is 6.12. The van der Waals surface area contributed by atoms with Gasteiger partial charge in [0.1, 0.15) is 16.4 Å². The molecule has 0 atom stereocenters. The van der Waals surface area contributed by atoms with E-state index in [1.807, 2.05) is 12.1 Å². The Bertz CT molecular complexity index is 813. The minimum atomic E-state index is 0.294. The van der Waals surface area contributed by atoms with Crippen molar-refractivity contribution >= 4 is 39.0 Å². The lowest BCUT2D eigenvalue weighted by Gasteiger charge is -2.21. The third-order valence-electron chi connectivity index (χ3n) is 3.85. The van der Waals surface area contributed by atoms with Crippen LogP contribution in [0.15, 0.2) is 29.6 Å². The van der Waals surface area contributed by atoms with Crippen molar-refractivity contribution < 1.29 is 4.74 Å². The molecule has 3 rings (SSSR count). The third kappa shape index (κ3) is 2.99. The van der Waals surface area contributed by atoms with Crippen molar-refractivity contribution in [2.75, 3.05) is 25.1 Å². The first-order valence-electron chi connectivity index (χ1n) is 7.52. The number of halogens is 1. The first-order chi connectivity index (χ1) is 11.2. The topological polar surface area (TPSA) is 38.2 Å². The second kappa shape index (κ2) is 6.72. The summed E-state index contributed by atoms with van der Waals surface area (Å²) in [5.74, 6) is 1.74. The predicted molar refractivity (Wildman–Crippen MR) is 98.0 cm³/mol. The molecule has 0 spiro atoms. The molecule has 0 aliphatic carbocycles. The summed E-state index contributed by atoms with van der Waals surface area (Å²) >= 11 is 7.71. The molecule has 0 fully saturated rings. The summed E-state index contributed by atoms with van der Waals surface area (Å²) in [5, 5.41) is 3.47. The van der Waals surface area contributed by atoms with Gasteiger partial charge < -0.3 is 9.64 Å². The molecule has 2 aromatic heterocycles. The summed E-state index contributed by atoms with van der Waals surface area (Å²) in [7, 11) is 1.67. The van der Waals surface area contributed by atoms with Crippen LogP contribution in [-0.4, -0.2) is 30.2 Å². The van der Waals surface area contributed by atoms with Crippen LogP contribution in [0.4, 0.5) is 5.82 Å². The molecule has 23 heavy (non-hydrogen) atoms. The molecule has 0 saturated carbocycles.